The van der Waals surface area contributed by atoms with Crippen LogP contribution < -0.4 is 10.6 Å². The van der Waals surface area contributed by atoms with Gasteiger partial charge in [0.25, 0.3) is 0 Å². The summed E-state index contributed by atoms with van der Waals surface area (Å²) in [6.45, 7) is 8.16. The van der Waals surface area contributed by atoms with Gasteiger partial charge in [-0.05, 0) is 37.0 Å². The molecular weight excluding hydrogens is 240 g/mol. The number of hydrogen-bond donors (Lipinski definition) is 2. The molecule has 0 aliphatic heterocycles. The quantitative estimate of drug-likeness (QED) is 0.729. The predicted octanol–water partition coefficient (Wildman–Crippen LogP) is 2.78. The van der Waals surface area contributed by atoms with E-state index < -0.39 is 0 Å². The fourth-order valence-electron chi connectivity index (χ4n) is 3.01. The number of nitrogens with one attached hydrogen (secondary N) is 2. The SMILES string of the molecule is COCCCNC(=O)NC1CC(C)CCC1C(C)C. The van der Waals surface area contributed by atoms with Crippen LogP contribution in [0.15, 0.2) is 0 Å². The van der Waals surface area contributed by atoms with Crippen LogP contribution in [0.3, 0.4) is 0 Å². The average molecular weight is 270 g/mol. The third kappa shape index (κ3) is 5.81. The third-order valence-electron chi connectivity index (χ3n) is 4.15. The second-order valence-corrected chi connectivity index (χ2v) is 6.18. The summed E-state index contributed by atoms with van der Waals surface area (Å²) in [7, 11) is 1.68. The van der Waals surface area contributed by atoms with Crippen LogP contribution in [0.4, 0.5) is 4.79 Å². The zero-order chi connectivity index (χ0) is 14.3. The Morgan fingerprint density at radius 1 is 1.37 bits per heavy atom. The van der Waals surface area contributed by atoms with Crippen molar-refractivity contribution in [2.24, 2.45) is 17.8 Å². The van der Waals surface area contributed by atoms with E-state index in [-0.39, 0.29) is 6.03 Å². The van der Waals surface area contributed by atoms with Gasteiger partial charge in [-0.3, -0.25) is 0 Å². The fraction of sp³-hybridized carbons (Fsp3) is 0.933. The second-order valence-electron chi connectivity index (χ2n) is 6.18. The molecule has 0 spiro atoms. The van der Waals surface area contributed by atoms with E-state index in [1.54, 1.807) is 7.11 Å². The molecule has 1 saturated carbocycles. The maximum atomic E-state index is 11.9. The van der Waals surface area contributed by atoms with Gasteiger partial charge in [-0.25, -0.2) is 4.79 Å². The Morgan fingerprint density at radius 2 is 2.11 bits per heavy atom. The number of ether oxygens (including phenoxy) is 1. The largest absolute Gasteiger partial charge is 0.385 e. The second kappa shape index (κ2) is 8.41. The Bertz CT molecular complexity index is 269. The van der Waals surface area contributed by atoms with E-state index in [1.807, 2.05) is 0 Å². The molecule has 0 aromatic rings. The molecule has 0 bridgehead atoms. The zero-order valence-corrected chi connectivity index (χ0v) is 12.9. The van der Waals surface area contributed by atoms with Crippen LogP contribution in [0.2, 0.25) is 0 Å². The van der Waals surface area contributed by atoms with Gasteiger partial charge in [-0.1, -0.05) is 27.2 Å². The normalized spacial score (nSPS) is 27.3. The summed E-state index contributed by atoms with van der Waals surface area (Å²) >= 11 is 0. The number of hydrogen-bond acceptors (Lipinski definition) is 2. The summed E-state index contributed by atoms with van der Waals surface area (Å²) in [6.07, 6.45) is 4.48. The minimum absolute atomic E-state index is 0.0270. The lowest BCUT2D eigenvalue weighted by molar-refractivity contribution is 0.167. The van der Waals surface area contributed by atoms with Crippen molar-refractivity contribution in [1.29, 1.82) is 0 Å². The molecule has 2 N–H and O–H groups in total. The van der Waals surface area contributed by atoms with Gasteiger partial charge >= 0.3 is 6.03 Å². The summed E-state index contributed by atoms with van der Waals surface area (Å²) in [6, 6.07) is 0.298. The van der Waals surface area contributed by atoms with Gasteiger partial charge in [-0.15, -0.1) is 0 Å². The summed E-state index contributed by atoms with van der Waals surface area (Å²) in [5, 5.41) is 6.08. The molecule has 112 valence electrons. The summed E-state index contributed by atoms with van der Waals surface area (Å²) < 4.78 is 4.96. The lowest BCUT2D eigenvalue weighted by Gasteiger charge is -2.37. The first-order chi connectivity index (χ1) is 9.04. The summed E-state index contributed by atoms with van der Waals surface area (Å²) in [5.41, 5.74) is 0. The molecule has 1 fully saturated rings. The molecule has 2 amide bonds. The first kappa shape index (κ1) is 16.3. The summed E-state index contributed by atoms with van der Waals surface area (Å²) in [5.74, 6) is 1.96. The van der Waals surface area contributed by atoms with Gasteiger partial charge in [0.15, 0.2) is 0 Å². The van der Waals surface area contributed by atoms with Crippen LogP contribution in [-0.4, -0.2) is 32.3 Å². The first-order valence-electron chi connectivity index (χ1n) is 7.57. The molecule has 19 heavy (non-hydrogen) atoms. The maximum Gasteiger partial charge on any atom is 0.315 e. The van der Waals surface area contributed by atoms with Crippen molar-refractivity contribution >= 4 is 6.03 Å². The number of carbonyl (C=O) groups excluding carboxylic acids is 1. The standard InChI is InChI=1S/C15H30N2O2/c1-11(2)13-7-6-12(3)10-14(13)17-15(18)16-8-5-9-19-4/h11-14H,5-10H2,1-4H3,(H2,16,17,18). The van der Waals surface area contributed by atoms with E-state index in [2.05, 4.69) is 31.4 Å². The Labute approximate surface area is 117 Å². The number of methoxy groups -OCH3 is 1. The Balaban J connectivity index is 2.36. The molecule has 0 saturated heterocycles. The molecule has 1 rings (SSSR count). The molecule has 1 aliphatic carbocycles. The van der Waals surface area contributed by atoms with E-state index in [4.69, 9.17) is 4.74 Å². The van der Waals surface area contributed by atoms with Crippen molar-refractivity contribution in [2.45, 2.75) is 52.5 Å². The van der Waals surface area contributed by atoms with Crippen molar-refractivity contribution in [1.82, 2.24) is 10.6 Å². The molecule has 0 radical (unpaired) electrons. The Hall–Kier alpha value is -0.770. The van der Waals surface area contributed by atoms with Crippen LogP contribution in [0.25, 0.3) is 0 Å². The lowest BCUT2D eigenvalue weighted by Crippen LogP contribution is -2.49. The van der Waals surface area contributed by atoms with Crippen molar-refractivity contribution in [3.05, 3.63) is 0 Å². The minimum Gasteiger partial charge on any atom is -0.385 e. The van der Waals surface area contributed by atoms with E-state index in [1.165, 1.54) is 12.8 Å². The lowest BCUT2D eigenvalue weighted by atomic mass is 9.74. The first-order valence-corrected chi connectivity index (χ1v) is 7.57. The molecular formula is C15H30N2O2. The topological polar surface area (TPSA) is 50.4 Å². The number of urea groups is 1. The molecule has 1 aliphatic rings. The number of carbonyl (C=O) groups is 1. The number of amides is 2. The number of rotatable bonds is 6. The van der Waals surface area contributed by atoms with Crippen LogP contribution >= 0.6 is 0 Å². The van der Waals surface area contributed by atoms with E-state index in [0.29, 0.717) is 36.9 Å². The molecule has 3 unspecified atom stereocenters. The smallest absolute Gasteiger partial charge is 0.315 e. The van der Waals surface area contributed by atoms with Crippen LogP contribution in [0.5, 0.6) is 0 Å². The maximum absolute atomic E-state index is 11.9. The highest BCUT2D eigenvalue weighted by Crippen LogP contribution is 2.33. The highest BCUT2D eigenvalue weighted by Gasteiger charge is 2.31. The van der Waals surface area contributed by atoms with Gasteiger partial charge in [0.2, 0.25) is 0 Å². The van der Waals surface area contributed by atoms with Crippen molar-refractivity contribution in [3.8, 4) is 0 Å². The summed E-state index contributed by atoms with van der Waals surface area (Å²) in [4.78, 5) is 11.9. The molecule has 3 atom stereocenters. The van der Waals surface area contributed by atoms with Gasteiger partial charge in [0.05, 0.1) is 0 Å². The van der Waals surface area contributed by atoms with Gasteiger partial charge in [0, 0.05) is 26.3 Å². The highest BCUT2D eigenvalue weighted by molar-refractivity contribution is 5.74. The molecule has 4 heteroatoms. The van der Waals surface area contributed by atoms with E-state index >= 15 is 0 Å². The Kier molecular flexibility index (Phi) is 7.21. The van der Waals surface area contributed by atoms with Crippen LogP contribution in [0.1, 0.15) is 46.5 Å². The average Bonchev–Trinajstić information content (AvgIpc) is 2.34. The van der Waals surface area contributed by atoms with E-state index in [9.17, 15) is 4.79 Å². The molecule has 0 aromatic heterocycles. The Morgan fingerprint density at radius 3 is 2.74 bits per heavy atom. The van der Waals surface area contributed by atoms with Gasteiger partial charge in [-0.2, -0.15) is 0 Å². The molecule has 4 nitrogen and oxygen atoms in total. The van der Waals surface area contributed by atoms with Crippen molar-refractivity contribution in [3.63, 3.8) is 0 Å². The molecule has 0 heterocycles. The van der Waals surface area contributed by atoms with Gasteiger partial charge in [0.1, 0.15) is 0 Å². The van der Waals surface area contributed by atoms with E-state index in [0.717, 1.165) is 12.8 Å². The van der Waals surface area contributed by atoms with Crippen LogP contribution in [-0.2, 0) is 4.74 Å². The van der Waals surface area contributed by atoms with Gasteiger partial charge < -0.3 is 15.4 Å². The van der Waals surface area contributed by atoms with Crippen molar-refractivity contribution in [2.75, 3.05) is 20.3 Å². The van der Waals surface area contributed by atoms with Crippen LogP contribution in [0, 0.1) is 17.8 Å². The zero-order valence-electron chi connectivity index (χ0n) is 12.9. The van der Waals surface area contributed by atoms with Crippen molar-refractivity contribution < 1.29 is 9.53 Å². The minimum atomic E-state index is -0.0270. The molecule has 0 aromatic carbocycles. The third-order valence-corrected chi connectivity index (χ3v) is 4.15. The fourth-order valence-corrected chi connectivity index (χ4v) is 3.01. The predicted molar refractivity (Wildman–Crippen MR) is 78.2 cm³/mol. The monoisotopic (exact) mass is 270 g/mol. The highest BCUT2D eigenvalue weighted by atomic mass is 16.5.